The Morgan fingerprint density at radius 3 is 2.69 bits per heavy atom. The van der Waals surface area contributed by atoms with E-state index in [0.717, 1.165) is 16.8 Å². The Morgan fingerprint density at radius 1 is 1.38 bits per heavy atom. The van der Waals surface area contributed by atoms with E-state index in [1.807, 2.05) is 7.05 Å². The third-order valence-corrected chi connectivity index (χ3v) is 4.43. The van der Waals surface area contributed by atoms with Crippen molar-refractivity contribution in [2.75, 3.05) is 7.05 Å². The molecule has 1 saturated carbocycles. The first-order chi connectivity index (χ1) is 7.74. The van der Waals surface area contributed by atoms with Crippen LogP contribution in [0.5, 0.6) is 0 Å². The Morgan fingerprint density at radius 2 is 2.06 bits per heavy atom. The van der Waals surface area contributed by atoms with Gasteiger partial charge in [-0.3, -0.25) is 0 Å². The molecule has 0 saturated heterocycles. The highest BCUT2D eigenvalue weighted by Gasteiger charge is 2.22. The van der Waals surface area contributed by atoms with Crippen LogP contribution in [-0.4, -0.2) is 16.6 Å². The molecule has 1 aliphatic carbocycles. The lowest BCUT2D eigenvalue weighted by molar-refractivity contribution is 0.420. The van der Waals surface area contributed by atoms with Crippen LogP contribution in [0.3, 0.4) is 0 Å². The third-order valence-electron chi connectivity index (χ3n) is 3.44. The van der Waals surface area contributed by atoms with Crippen LogP contribution in [0.1, 0.15) is 49.5 Å². The van der Waals surface area contributed by atoms with E-state index < -0.39 is 0 Å². The fourth-order valence-electron chi connectivity index (χ4n) is 2.56. The lowest BCUT2D eigenvalue weighted by Gasteiger charge is -2.21. The van der Waals surface area contributed by atoms with Gasteiger partial charge in [0.2, 0.25) is 0 Å². The van der Waals surface area contributed by atoms with Crippen molar-refractivity contribution in [2.45, 2.75) is 44.6 Å². The van der Waals surface area contributed by atoms with Crippen LogP contribution in [0.15, 0.2) is 4.60 Å². The molecule has 0 bridgehead atoms. The van der Waals surface area contributed by atoms with Gasteiger partial charge in [-0.2, -0.15) is 0 Å². The van der Waals surface area contributed by atoms with E-state index in [0.29, 0.717) is 5.92 Å². The van der Waals surface area contributed by atoms with Crippen molar-refractivity contribution in [2.24, 2.45) is 7.05 Å². The maximum atomic E-state index is 4.78. The number of halogens is 1. The average Bonchev–Trinajstić information content (AvgIpc) is 2.59. The zero-order chi connectivity index (χ0) is 11.5. The van der Waals surface area contributed by atoms with Crippen LogP contribution < -0.4 is 5.32 Å². The van der Waals surface area contributed by atoms with Gasteiger partial charge in [0.05, 0.1) is 5.69 Å². The molecule has 0 unspecified atom stereocenters. The first kappa shape index (κ1) is 12.1. The maximum absolute atomic E-state index is 4.78. The summed E-state index contributed by atoms with van der Waals surface area (Å²) in [6.45, 7) is 0.834. The predicted octanol–water partition coefficient (Wildman–Crippen LogP) is 2.95. The molecule has 1 heterocycles. The van der Waals surface area contributed by atoms with Gasteiger partial charge in [0.25, 0.3) is 0 Å². The number of imidazole rings is 1. The van der Waals surface area contributed by atoms with Crippen molar-refractivity contribution in [1.29, 1.82) is 0 Å². The molecule has 1 aromatic rings. The first-order valence-electron chi connectivity index (χ1n) is 6.09. The fourth-order valence-corrected chi connectivity index (χ4v) is 2.97. The largest absolute Gasteiger partial charge is 0.325 e. The van der Waals surface area contributed by atoms with Gasteiger partial charge in [0.15, 0.2) is 0 Å². The van der Waals surface area contributed by atoms with Gasteiger partial charge in [0.1, 0.15) is 10.4 Å². The summed E-state index contributed by atoms with van der Waals surface area (Å²) in [6, 6.07) is 0. The molecule has 0 amide bonds. The van der Waals surface area contributed by atoms with Crippen molar-refractivity contribution in [3.05, 3.63) is 16.1 Å². The van der Waals surface area contributed by atoms with E-state index in [-0.39, 0.29) is 0 Å². The molecular weight excluding hydrogens is 266 g/mol. The van der Waals surface area contributed by atoms with Gasteiger partial charge in [-0.05, 0) is 35.8 Å². The highest BCUT2D eigenvalue weighted by atomic mass is 79.9. The second-order valence-corrected chi connectivity index (χ2v) is 5.38. The summed E-state index contributed by atoms with van der Waals surface area (Å²) < 4.78 is 3.34. The Bertz CT molecular complexity index is 353. The molecule has 2 rings (SSSR count). The van der Waals surface area contributed by atoms with E-state index in [9.17, 15) is 0 Å². The van der Waals surface area contributed by atoms with E-state index in [1.165, 1.54) is 37.9 Å². The lowest BCUT2D eigenvalue weighted by Crippen LogP contribution is -2.10. The molecule has 1 aromatic heterocycles. The van der Waals surface area contributed by atoms with E-state index in [2.05, 4.69) is 32.9 Å². The summed E-state index contributed by atoms with van der Waals surface area (Å²) in [5.74, 6) is 1.93. The monoisotopic (exact) mass is 285 g/mol. The standard InChI is InChI=1S/C12H20BrN3/c1-14-8-10-11(13)16(2)12(15-10)9-6-4-3-5-7-9/h9,14H,3-8H2,1-2H3. The topological polar surface area (TPSA) is 29.9 Å². The van der Waals surface area contributed by atoms with Gasteiger partial charge in [-0.25, -0.2) is 4.98 Å². The molecule has 16 heavy (non-hydrogen) atoms. The van der Waals surface area contributed by atoms with Crippen molar-refractivity contribution in [3.8, 4) is 0 Å². The van der Waals surface area contributed by atoms with Crippen molar-refractivity contribution >= 4 is 15.9 Å². The van der Waals surface area contributed by atoms with Crippen LogP contribution in [0.2, 0.25) is 0 Å². The van der Waals surface area contributed by atoms with Crippen molar-refractivity contribution < 1.29 is 0 Å². The van der Waals surface area contributed by atoms with Gasteiger partial charge in [-0.15, -0.1) is 0 Å². The zero-order valence-electron chi connectivity index (χ0n) is 10.1. The molecule has 3 nitrogen and oxygen atoms in total. The average molecular weight is 286 g/mol. The number of nitrogens with zero attached hydrogens (tertiary/aromatic N) is 2. The molecule has 0 spiro atoms. The first-order valence-corrected chi connectivity index (χ1v) is 6.89. The quantitative estimate of drug-likeness (QED) is 0.926. The zero-order valence-corrected chi connectivity index (χ0v) is 11.7. The molecule has 1 fully saturated rings. The fraction of sp³-hybridized carbons (Fsp3) is 0.750. The molecule has 0 aliphatic heterocycles. The van der Waals surface area contributed by atoms with E-state index in [1.54, 1.807) is 0 Å². The van der Waals surface area contributed by atoms with Crippen molar-refractivity contribution in [3.63, 3.8) is 0 Å². The minimum atomic E-state index is 0.667. The number of hydrogen-bond donors (Lipinski definition) is 1. The molecule has 1 N–H and O–H groups in total. The Balaban J connectivity index is 2.22. The van der Waals surface area contributed by atoms with Crippen LogP contribution in [0.25, 0.3) is 0 Å². The normalized spacial score (nSPS) is 17.9. The van der Waals surface area contributed by atoms with E-state index in [4.69, 9.17) is 4.98 Å². The number of hydrogen-bond acceptors (Lipinski definition) is 2. The molecule has 0 radical (unpaired) electrons. The van der Waals surface area contributed by atoms with Crippen LogP contribution in [0, 0.1) is 0 Å². The van der Waals surface area contributed by atoms with Gasteiger partial charge < -0.3 is 9.88 Å². The number of aromatic nitrogens is 2. The predicted molar refractivity (Wildman–Crippen MR) is 69.5 cm³/mol. The van der Waals surface area contributed by atoms with Crippen LogP contribution in [0.4, 0.5) is 0 Å². The summed E-state index contributed by atoms with van der Waals surface area (Å²) in [4.78, 5) is 4.78. The minimum absolute atomic E-state index is 0.667. The Hall–Kier alpha value is -0.350. The highest BCUT2D eigenvalue weighted by Crippen LogP contribution is 2.33. The van der Waals surface area contributed by atoms with Crippen molar-refractivity contribution in [1.82, 2.24) is 14.9 Å². The SMILES string of the molecule is CNCc1nc(C2CCCCC2)n(C)c1Br. The van der Waals surface area contributed by atoms with Gasteiger partial charge in [-0.1, -0.05) is 19.3 Å². The molecular formula is C12H20BrN3. The summed E-state index contributed by atoms with van der Waals surface area (Å²) in [7, 11) is 4.07. The summed E-state index contributed by atoms with van der Waals surface area (Å²) >= 11 is 3.63. The second-order valence-electron chi connectivity index (χ2n) is 4.63. The number of nitrogens with one attached hydrogen (secondary N) is 1. The smallest absolute Gasteiger partial charge is 0.112 e. The minimum Gasteiger partial charge on any atom is -0.325 e. The summed E-state index contributed by atoms with van der Waals surface area (Å²) in [5.41, 5.74) is 1.13. The van der Waals surface area contributed by atoms with Gasteiger partial charge >= 0.3 is 0 Å². The molecule has 90 valence electrons. The highest BCUT2D eigenvalue weighted by molar-refractivity contribution is 9.10. The van der Waals surface area contributed by atoms with E-state index >= 15 is 0 Å². The van der Waals surface area contributed by atoms with Crippen LogP contribution >= 0.6 is 15.9 Å². The lowest BCUT2D eigenvalue weighted by atomic mass is 9.89. The molecule has 0 atom stereocenters. The maximum Gasteiger partial charge on any atom is 0.112 e. The molecule has 1 aliphatic rings. The summed E-state index contributed by atoms with van der Waals surface area (Å²) in [5, 5.41) is 3.16. The third kappa shape index (κ3) is 2.33. The summed E-state index contributed by atoms with van der Waals surface area (Å²) in [6.07, 6.45) is 6.71. The van der Waals surface area contributed by atoms with Crippen LogP contribution in [-0.2, 0) is 13.6 Å². The molecule has 0 aromatic carbocycles. The van der Waals surface area contributed by atoms with Gasteiger partial charge in [0, 0.05) is 19.5 Å². The molecule has 4 heteroatoms. The second kappa shape index (κ2) is 5.32. The Kier molecular flexibility index (Phi) is 4.03. The number of rotatable bonds is 3. The Labute approximate surface area is 106 Å².